The molecule has 1 saturated heterocycles. The number of carbonyl (C=O) groups is 1. The number of hydrogen-bond acceptors (Lipinski definition) is 3. The third-order valence-electron chi connectivity index (χ3n) is 4.35. The van der Waals surface area contributed by atoms with Gasteiger partial charge in [-0.2, -0.15) is 0 Å². The number of aliphatic hydroxyl groups is 1. The van der Waals surface area contributed by atoms with Crippen molar-refractivity contribution >= 4 is 6.29 Å². The van der Waals surface area contributed by atoms with E-state index in [0.29, 0.717) is 0 Å². The smallest absolute Gasteiger partial charge is 0.119 e. The molecule has 118 valence electrons. The molecule has 1 rings (SSSR count). The number of aliphatic hydroxyl groups excluding tert-OH is 1. The second kappa shape index (κ2) is 12.3. The van der Waals surface area contributed by atoms with Crippen molar-refractivity contribution in [2.75, 3.05) is 19.6 Å². The largest absolute Gasteiger partial charge is 0.393 e. The van der Waals surface area contributed by atoms with E-state index in [-0.39, 0.29) is 6.10 Å². The molecule has 3 nitrogen and oxygen atoms in total. The summed E-state index contributed by atoms with van der Waals surface area (Å²) >= 11 is 0. The standard InChI is InChI=1S/C17H33NO2/c19-16-10-8-6-4-2-1-3-5-7-9-13-18-14-11-17(20)12-15-18/h16-17,20H,1-15H2. The van der Waals surface area contributed by atoms with Gasteiger partial charge < -0.3 is 14.8 Å². The summed E-state index contributed by atoms with van der Waals surface area (Å²) < 4.78 is 0. The van der Waals surface area contributed by atoms with Crippen molar-refractivity contribution in [1.29, 1.82) is 0 Å². The van der Waals surface area contributed by atoms with E-state index in [1.54, 1.807) is 0 Å². The van der Waals surface area contributed by atoms with Crippen LogP contribution in [0.5, 0.6) is 0 Å². The number of piperidine rings is 1. The van der Waals surface area contributed by atoms with E-state index in [9.17, 15) is 9.90 Å². The molecule has 3 heteroatoms. The Labute approximate surface area is 124 Å². The van der Waals surface area contributed by atoms with Crippen molar-refractivity contribution in [1.82, 2.24) is 4.90 Å². The highest BCUT2D eigenvalue weighted by Crippen LogP contribution is 2.13. The molecule has 0 aromatic rings. The Morgan fingerprint density at radius 1 is 0.850 bits per heavy atom. The van der Waals surface area contributed by atoms with Crippen LogP contribution < -0.4 is 0 Å². The summed E-state index contributed by atoms with van der Waals surface area (Å²) in [6, 6.07) is 0. The van der Waals surface area contributed by atoms with E-state index >= 15 is 0 Å². The number of likely N-dealkylation sites (tertiary alicyclic amines) is 1. The molecule has 1 aliphatic rings. The Morgan fingerprint density at radius 3 is 1.90 bits per heavy atom. The molecule has 0 unspecified atom stereocenters. The first-order valence-corrected chi connectivity index (χ1v) is 8.67. The summed E-state index contributed by atoms with van der Waals surface area (Å²) in [4.78, 5) is 12.7. The Hall–Kier alpha value is -0.410. The van der Waals surface area contributed by atoms with Gasteiger partial charge in [0.25, 0.3) is 0 Å². The molecule has 1 N–H and O–H groups in total. The third kappa shape index (κ3) is 9.49. The predicted molar refractivity (Wildman–Crippen MR) is 83.9 cm³/mol. The zero-order valence-electron chi connectivity index (χ0n) is 13.1. The van der Waals surface area contributed by atoms with Crippen LogP contribution in [-0.4, -0.2) is 42.0 Å². The van der Waals surface area contributed by atoms with Gasteiger partial charge in [0.1, 0.15) is 6.29 Å². The topological polar surface area (TPSA) is 40.5 Å². The maximum atomic E-state index is 10.2. The first-order valence-electron chi connectivity index (χ1n) is 8.67. The summed E-state index contributed by atoms with van der Waals surface area (Å²) in [5.41, 5.74) is 0. The normalized spacial score (nSPS) is 17.4. The van der Waals surface area contributed by atoms with Crippen molar-refractivity contribution < 1.29 is 9.90 Å². The fraction of sp³-hybridized carbons (Fsp3) is 0.941. The summed E-state index contributed by atoms with van der Waals surface area (Å²) in [5.74, 6) is 0. The molecule has 0 aliphatic carbocycles. The molecule has 1 aliphatic heterocycles. The van der Waals surface area contributed by atoms with Crippen molar-refractivity contribution in [3.63, 3.8) is 0 Å². The van der Waals surface area contributed by atoms with Crippen LogP contribution in [0.15, 0.2) is 0 Å². The van der Waals surface area contributed by atoms with E-state index in [2.05, 4.69) is 4.90 Å². The van der Waals surface area contributed by atoms with Crippen molar-refractivity contribution in [3.05, 3.63) is 0 Å². The van der Waals surface area contributed by atoms with Crippen LogP contribution >= 0.6 is 0 Å². The number of rotatable bonds is 12. The van der Waals surface area contributed by atoms with Gasteiger partial charge in [0.05, 0.1) is 6.10 Å². The average Bonchev–Trinajstić information content (AvgIpc) is 2.47. The maximum Gasteiger partial charge on any atom is 0.119 e. The number of nitrogens with zero attached hydrogens (tertiary/aromatic N) is 1. The maximum absolute atomic E-state index is 10.2. The van der Waals surface area contributed by atoms with E-state index in [1.165, 1.54) is 57.9 Å². The first-order chi connectivity index (χ1) is 9.83. The van der Waals surface area contributed by atoms with Crippen LogP contribution in [0.2, 0.25) is 0 Å². The van der Waals surface area contributed by atoms with Crippen LogP contribution in [0.25, 0.3) is 0 Å². The lowest BCUT2D eigenvalue weighted by Crippen LogP contribution is -2.36. The lowest BCUT2D eigenvalue weighted by Gasteiger charge is -2.29. The fourth-order valence-electron chi connectivity index (χ4n) is 2.94. The molecule has 0 atom stereocenters. The molecular formula is C17H33NO2. The fourth-order valence-corrected chi connectivity index (χ4v) is 2.94. The van der Waals surface area contributed by atoms with E-state index in [0.717, 1.165) is 45.1 Å². The molecule has 0 saturated carbocycles. The van der Waals surface area contributed by atoms with E-state index < -0.39 is 0 Å². The second-order valence-corrected chi connectivity index (χ2v) is 6.21. The Bertz CT molecular complexity index is 225. The van der Waals surface area contributed by atoms with Crippen molar-refractivity contribution in [2.24, 2.45) is 0 Å². The van der Waals surface area contributed by atoms with E-state index in [4.69, 9.17) is 0 Å². The first kappa shape index (κ1) is 17.6. The number of unbranched alkanes of at least 4 members (excludes halogenated alkanes) is 9. The Balaban J connectivity index is 1.75. The van der Waals surface area contributed by atoms with Gasteiger partial charge in [-0.1, -0.05) is 44.9 Å². The molecule has 0 aromatic carbocycles. The number of hydrogen-bond donors (Lipinski definition) is 1. The summed E-state index contributed by atoms with van der Waals surface area (Å²) in [5, 5.41) is 9.44. The highest BCUT2D eigenvalue weighted by atomic mass is 16.3. The van der Waals surface area contributed by atoms with Crippen LogP contribution in [0.4, 0.5) is 0 Å². The molecule has 0 amide bonds. The Morgan fingerprint density at radius 2 is 1.35 bits per heavy atom. The van der Waals surface area contributed by atoms with Gasteiger partial charge in [-0.05, 0) is 32.2 Å². The van der Waals surface area contributed by atoms with Crippen LogP contribution in [0, 0.1) is 0 Å². The highest BCUT2D eigenvalue weighted by molar-refractivity contribution is 5.48. The SMILES string of the molecule is O=CCCCCCCCCCCCN1CCC(O)CC1. The predicted octanol–water partition coefficient (Wildman–Crippen LogP) is 3.54. The molecule has 0 aromatic heterocycles. The lowest BCUT2D eigenvalue weighted by atomic mass is 10.1. The molecule has 20 heavy (non-hydrogen) atoms. The highest BCUT2D eigenvalue weighted by Gasteiger charge is 2.15. The van der Waals surface area contributed by atoms with Crippen LogP contribution in [-0.2, 0) is 4.79 Å². The van der Waals surface area contributed by atoms with Crippen LogP contribution in [0.3, 0.4) is 0 Å². The molecule has 0 bridgehead atoms. The van der Waals surface area contributed by atoms with Gasteiger partial charge in [0.15, 0.2) is 0 Å². The second-order valence-electron chi connectivity index (χ2n) is 6.21. The quantitative estimate of drug-likeness (QED) is 0.440. The van der Waals surface area contributed by atoms with E-state index in [1.807, 2.05) is 0 Å². The minimum atomic E-state index is -0.0437. The third-order valence-corrected chi connectivity index (χ3v) is 4.35. The van der Waals surface area contributed by atoms with Gasteiger partial charge in [-0.3, -0.25) is 0 Å². The number of aldehydes is 1. The van der Waals surface area contributed by atoms with Crippen molar-refractivity contribution in [2.45, 2.75) is 83.2 Å². The van der Waals surface area contributed by atoms with Gasteiger partial charge in [0, 0.05) is 19.5 Å². The van der Waals surface area contributed by atoms with Crippen molar-refractivity contribution in [3.8, 4) is 0 Å². The van der Waals surface area contributed by atoms with Gasteiger partial charge in [-0.25, -0.2) is 0 Å². The lowest BCUT2D eigenvalue weighted by molar-refractivity contribution is -0.107. The number of carbonyl (C=O) groups excluding carboxylic acids is 1. The van der Waals surface area contributed by atoms with Gasteiger partial charge >= 0.3 is 0 Å². The zero-order chi connectivity index (χ0) is 14.5. The molecule has 1 fully saturated rings. The summed E-state index contributed by atoms with van der Waals surface area (Å²) in [6.45, 7) is 3.39. The molecular weight excluding hydrogens is 250 g/mol. The minimum absolute atomic E-state index is 0.0437. The van der Waals surface area contributed by atoms with Gasteiger partial charge in [-0.15, -0.1) is 0 Å². The molecule has 0 spiro atoms. The Kier molecular flexibility index (Phi) is 10.9. The molecule has 0 radical (unpaired) electrons. The van der Waals surface area contributed by atoms with Crippen LogP contribution in [0.1, 0.15) is 77.0 Å². The average molecular weight is 283 g/mol. The summed E-state index contributed by atoms with van der Waals surface area (Å²) in [7, 11) is 0. The minimum Gasteiger partial charge on any atom is -0.393 e. The molecule has 1 heterocycles. The monoisotopic (exact) mass is 283 g/mol. The zero-order valence-corrected chi connectivity index (χ0v) is 13.1. The summed E-state index contributed by atoms with van der Waals surface area (Å²) in [6.07, 6.45) is 15.3. The van der Waals surface area contributed by atoms with Gasteiger partial charge in [0.2, 0.25) is 0 Å².